The van der Waals surface area contributed by atoms with Gasteiger partial charge >= 0.3 is 5.97 Å². The number of carbonyl (C=O) groups is 1. The number of carbonyl (C=O) groups excluding carboxylic acids is 1. The Morgan fingerprint density at radius 1 is 1.22 bits per heavy atom. The lowest BCUT2D eigenvalue weighted by atomic mass is 9.96. The molecule has 0 saturated heterocycles. The number of ether oxygens (including phenoxy) is 3. The number of phenols is 1. The molecule has 188 valence electrons. The summed E-state index contributed by atoms with van der Waals surface area (Å²) in [4.78, 5) is 31.7. The first kappa shape index (κ1) is 25.7. The molecule has 1 aliphatic rings. The molecule has 0 spiro atoms. The highest BCUT2D eigenvalue weighted by Gasteiger charge is 2.33. The fraction of sp³-hybridized carbons (Fsp3) is 0.269. The van der Waals surface area contributed by atoms with Crippen molar-refractivity contribution in [1.29, 1.82) is 0 Å². The lowest BCUT2D eigenvalue weighted by Gasteiger charge is -2.24. The van der Waals surface area contributed by atoms with E-state index in [1.165, 1.54) is 15.9 Å². The van der Waals surface area contributed by atoms with E-state index in [0.717, 1.165) is 0 Å². The molecule has 36 heavy (non-hydrogen) atoms. The van der Waals surface area contributed by atoms with Crippen molar-refractivity contribution in [3.8, 4) is 17.2 Å². The van der Waals surface area contributed by atoms with Crippen LogP contribution in [0.4, 0.5) is 0 Å². The largest absolute Gasteiger partial charge is 0.504 e. The Hall–Kier alpha value is -3.37. The average molecular weight is 573 g/mol. The van der Waals surface area contributed by atoms with Gasteiger partial charge in [0, 0.05) is 10.0 Å². The van der Waals surface area contributed by atoms with Crippen LogP contribution in [0.3, 0.4) is 0 Å². The van der Waals surface area contributed by atoms with Gasteiger partial charge in [-0.25, -0.2) is 9.79 Å². The third-order valence-corrected chi connectivity index (χ3v) is 7.04. The van der Waals surface area contributed by atoms with Gasteiger partial charge < -0.3 is 19.3 Å². The maximum Gasteiger partial charge on any atom is 0.338 e. The quantitative estimate of drug-likeness (QED) is 0.434. The first-order valence-electron chi connectivity index (χ1n) is 11.3. The van der Waals surface area contributed by atoms with E-state index in [1.54, 1.807) is 51.3 Å². The van der Waals surface area contributed by atoms with E-state index in [1.807, 2.05) is 19.1 Å². The van der Waals surface area contributed by atoms with Crippen LogP contribution in [0, 0.1) is 0 Å². The lowest BCUT2D eigenvalue weighted by molar-refractivity contribution is -0.139. The van der Waals surface area contributed by atoms with Crippen LogP contribution in [0.5, 0.6) is 17.2 Å². The number of halogens is 1. The number of phenolic OH excluding ortho intramolecular Hbond substituents is 1. The lowest BCUT2D eigenvalue weighted by Crippen LogP contribution is -2.39. The SMILES string of the molecule is CCOC(=O)C1=C(C)N=c2s/c(=C\c3cc(Br)cc(OCC)c3O)c(=O)n2C1c1ccc(OC)cc1. The molecule has 3 aromatic rings. The van der Waals surface area contributed by atoms with Crippen LogP contribution in [-0.4, -0.2) is 36.0 Å². The molecule has 2 aromatic carbocycles. The number of benzene rings is 2. The highest BCUT2D eigenvalue weighted by atomic mass is 79.9. The van der Waals surface area contributed by atoms with E-state index in [0.29, 0.717) is 54.3 Å². The van der Waals surface area contributed by atoms with Gasteiger partial charge in [0.05, 0.1) is 42.2 Å². The molecular weight excluding hydrogens is 548 g/mol. The monoisotopic (exact) mass is 572 g/mol. The van der Waals surface area contributed by atoms with Crippen molar-refractivity contribution in [3.05, 3.63) is 83.0 Å². The molecule has 1 atom stereocenters. The second kappa shape index (κ2) is 10.7. The minimum Gasteiger partial charge on any atom is -0.504 e. The topological polar surface area (TPSA) is 99.4 Å². The Morgan fingerprint density at radius 3 is 2.58 bits per heavy atom. The summed E-state index contributed by atoms with van der Waals surface area (Å²) in [5, 5.41) is 10.7. The summed E-state index contributed by atoms with van der Waals surface area (Å²) in [6.45, 7) is 5.85. The zero-order chi connectivity index (χ0) is 26.0. The van der Waals surface area contributed by atoms with Crippen LogP contribution in [0.1, 0.15) is 37.9 Å². The van der Waals surface area contributed by atoms with Crippen molar-refractivity contribution in [2.24, 2.45) is 4.99 Å². The van der Waals surface area contributed by atoms with Gasteiger partial charge in [0.1, 0.15) is 5.75 Å². The normalized spacial score (nSPS) is 15.4. The summed E-state index contributed by atoms with van der Waals surface area (Å²) < 4.78 is 18.6. The van der Waals surface area contributed by atoms with E-state index in [4.69, 9.17) is 14.2 Å². The number of thiazole rings is 1. The maximum absolute atomic E-state index is 13.7. The highest BCUT2D eigenvalue weighted by molar-refractivity contribution is 9.10. The minimum absolute atomic E-state index is 0.0685. The van der Waals surface area contributed by atoms with Gasteiger partial charge in [-0.1, -0.05) is 39.4 Å². The number of aromatic nitrogens is 1. The molecule has 8 nitrogen and oxygen atoms in total. The summed E-state index contributed by atoms with van der Waals surface area (Å²) in [6.07, 6.45) is 1.60. The number of rotatable bonds is 7. The zero-order valence-corrected chi connectivity index (χ0v) is 22.6. The highest BCUT2D eigenvalue weighted by Crippen LogP contribution is 2.35. The summed E-state index contributed by atoms with van der Waals surface area (Å²) in [5.41, 5.74) is 1.56. The second-order valence-corrected chi connectivity index (χ2v) is 9.77. The van der Waals surface area contributed by atoms with E-state index < -0.39 is 12.0 Å². The first-order valence-corrected chi connectivity index (χ1v) is 12.9. The molecule has 1 aliphatic heterocycles. The Morgan fingerprint density at radius 2 is 1.94 bits per heavy atom. The molecule has 0 fully saturated rings. The number of methoxy groups -OCH3 is 1. The molecule has 1 unspecified atom stereocenters. The fourth-order valence-electron chi connectivity index (χ4n) is 4.00. The standard InChI is InChI=1S/C26H25BrN2O6S/c1-5-34-19-13-17(27)11-16(23(19)30)12-20-24(31)29-22(15-7-9-18(33-4)10-8-15)21(25(32)35-6-2)14(3)28-26(29)36-20/h7-13,22,30H,5-6H2,1-4H3/b20-12-. The van der Waals surface area contributed by atoms with Crippen molar-refractivity contribution in [2.45, 2.75) is 26.8 Å². The number of fused-ring (bicyclic) bond motifs is 1. The minimum atomic E-state index is -0.733. The molecule has 2 heterocycles. The van der Waals surface area contributed by atoms with Gasteiger partial charge in [-0.15, -0.1) is 0 Å². The predicted molar refractivity (Wildman–Crippen MR) is 140 cm³/mol. The van der Waals surface area contributed by atoms with Crippen molar-refractivity contribution in [1.82, 2.24) is 4.57 Å². The molecule has 0 bridgehead atoms. The molecule has 0 amide bonds. The third-order valence-electron chi connectivity index (χ3n) is 5.60. The fourth-order valence-corrected chi connectivity index (χ4v) is 5.50. The van der Waals surface area contributed by atoms with E-state index >= 15 is 0 Å². The summed E-state index contributed by atoms with van der Waals surface area (Å²) in [6, 6.07) is 9.81. The van der Waals surface area contributed by atoms with E-state index in [9.17, 15) is 14.7 Å². The van der Waals surface area contributed by atoms with Crippen LogP contribution in [0.15, 0.2) is 61.9 Å². The van der Waals surface area contributed by atoms with Gasteiger partial charge in [-0.2, -0.15) is 0 Å². The number of nitrogens with zero attached hydrogens (tertiary/aromatic N) is 2. The average Bonchev–Trinajstić information content (AvgIpc) is 3.15. The van der Waals surface area contributed by atoms with Gasteiger partial charge in [0.2, 0.25) is 0 Å². The molecular formula is C26H25BrN2O6S. The number of esters is 1. The molecule has 1 aromatic heterocycles. The molecule has 0 saturated carbocycles. The van der Waals surface area contributed by atoms with Crippen molar-refractivity contribution < 1.29 is 24.1 Å². The number of hydrogen-bond donors (Lipinski definition) is 1. The van der Waals surface area contributed by atoms with Gasteiger partial charge in [0.15, 0.2) is 16.3 Å². The van der Waals surface area contributed by atoms with Crippen LogP contribution in [-0.2, 0) is 9.53 Å². The Bertz CT molecular complexity index is 1520. The van der Waals surface area contributed by atoms with Crippen LogP contribution >= 0.6 is 27.3 Å². The molecule has 0 radical (unpaired) electrons. The van der Waals surface area contributed by atoms with E-state index in [2.05, 4.69) is 20.9 Å². The summed E-state index contributed by atoms with van der Waals surface area (Å²) in [5.74, 6) is 0.364. The number of allylic oxidation sites excluding steroid dienone is 1. The molecule has 0 aliphatic carbocycles. The number of hydrogen-bond acceptors (Lipinski definition) is 8. The Kier molecular flexibility index (Phi) is 7.65. The Labute approximate surface area is 219 Å². The van der Waals surface area contributed by atoms with Crippen molar-refractivity contribution in [2.75, 3.05) is 20.3 Å². The third kappa shape index (κ3) is 4.83. The summed E-state index contributed by atoms with van der Waals surface area (Å²) in [7, 11) is 1.57. The summed E-state index contributed by atoms with van der Waals surface area (Å²) >= 11 is 4.60. The zero-order valence-electron chi connectivity index (χ0n) is 20.2. The molecule has 4 rings (SSSR count). The predicted octanol–water partition coefficient (Wildman–Crippen LogP) is 3.67. The van der Waals surface area contributed by atoms with Gasteiger partial charge in [-0.05, 0) is 56.7 Å². The van der Waals surface area contributed by atoms with E-state index in [-0.39, 0.29) is 17.9 Å². The van der Waals surface area contributed by atoms with Crippen LogP contribution in [0.2, 0.25) is 0 Å². The van der Waals surface area contributed by atoms with Crippen molar-refractivity contribution in [3.63, 3.8) is 0 Å². The van der Waals surface area contributed by atoms with Gasteiger partial charge in [-0.3, -0.25) is 9.36 Å². The molecule has 10 heteroatoms. The second-order valence-electron chi connectivity index (χ2n) is 7.85. The first-order chi connectivity index (χ1) is 17.3. The van der Waals surface area contributed by atoms with Crippen molar-refractivity contribution >= 4 is 39.3 Å². The van der Waals surface area contributed by atoms with Crippen LogP contribution < -0.4 is 24.4 Å². The maximum atomic E-state index is 13.7. The van der Waals surface area contributed by atoms with Crippen LogP contribution in [0.25, 0.3) is 6.08 Å². The smallest absolute Gasteiger partial charge is 0.338 e. The number of aromatic hydroxyl groups is 1. The van der Waals surface area contributed by atoms with Gasteiger partial charge in [0.25, 0.3) is 5.56 Å². The Balaban J connectivity index is 1.95. The molecule has 1 N–H and O–H groups in total.